The lowest BCUT2D eigenvalue weighted by Crippen LogP contribution is -1.84. The van der Waals surface area contributed by atoms with Crippen molar-refractivity contribution >= 4 is 54.1 Å². The number of fused-ring (bicyclic) bond motifs is 3. The summed E-state index contributed by atoms with van der Waals surface area (Å²) < 4.78 is 2.24. The first kappa shape index (κ1) is 59.1. The molecule has 0 aliphatic carbocycles. The Morgan fingerprint density at radius 2 is 0.544 bits per heavy atom. The van der Waals surface area contributed by atoms with E-state index in [9.17, 15) is 0 Å². The summed E-state index contributed by atoms with van der Waals surface area (Å²) in [5, 5.41) is 10.8. The van der Waals surface area contributed by atoms with Crippen molar-refractivity contribution in [3.05, 3.63) is 146 Å². The zero-order valence-electron chi connectivity index (χ0n) is 40.4. The Morgan fingerprint density at radius 3 is 0.772 bits per heavy atom. The van der Waals surface area contributed by atoms with Crippen molar-refractivity contribution in [2.45, 2.75) is 144 Å². The van der Waals surface area contributed by atoms with Gasteiger partial charge in [0.15, 0.2) is 0 Å². The van der Waals surface area contributed by atoms with Gasteiger partial charge >= 0.3 is 0 Å². The number of hydrogen-bond acceptors (Lipinski definition) is 0. The second kappa shape index (κ2) is 42.5. The first-order chi connectivity index (χ1) is 28.2. The number of unbranched alkanes of at least 4 members (excludes halogenated alkanes) is 2. The van der Waals surface area contributed by atoms with Crippen molar-refractivity contribution in [1.29, 1.82) is 0 Å². The molecule has 0 unspecified atom stereocenters. The minimum atomic E-state index is 1.30. The molecule has 8 aromatic rings. The Hall–Kier alpha value is -4.62. The standard InChI is InChI=1S/C16H10.C13H11N.C6H6.C5H12.8C2H6/c1-3-11-7-9-13-5-2-6-14-10-8-12(4-1)15(11)16(13)14;1-14-12-8-4-2-6-10(12)11-7-3-5-9-13(11)14;1-2-4-6-5-3-1;1-3-5-4-2;8*1-2/h1-10H;2-9H,1H3;1-6H;3-5H2,1-2H3;8*1-2H3. The van der Waals surface area contributed by atoms with E-state index in [1.807, 2.05) is 147 Å². The largest absolute Gasteiger partial charge is 0.344 e. The highest BCUT2D eigenvalue weighted by Gasteiger charge is 2.06. The van der Waals surface area contributed by atoms with Crippen molar-refractivity contribution in [3.8, 4) is 0 Å². The summed E-state index contributed by atoms with van der Waals surface area (Å²) in [6.07, 6.45) is 4.08. The molecule has 1 heterocycles. The van der Waals surface area contributed by atoms with Crippen LogP contribution in [0.3, 0.4) is 0 Å². The zero-order valence-corrected chi connectivity index (χ0v) is 40.4. The average Bonchev–Trinajstić information content (AvgIpc) is 3.63. The topological polar surface area (TPSA) is 4.93 Å². The van der Waals surface area contributed by atoms with Gasteiger partial charge in [0.1, 0.15) is 0 Å². The average molecular weight is 774 g/mol. The van der Waals surface area contributed by atoms with Gasteiger partial charge in [0, 0.05) is 28.9 Å². The van der Waals surface area contributed by atoms with Gasteiger partial charge in [0.05, 0.1) is 0 Å². The summed E-state index contributed by atoms with van der Waals surface area (Å²) in [6, 6.07) is 50.9. The molecule has 57 heavy (non-hydrogen) atoms. The molecule has 1 heteroatoms. The second-order valence-electron chi connectivity index (χ2n) is 10.4. The zero-order chi connectivity index (χ0) is 44.4. The molecule has 316 valence electrons. The van der Waals surface area contributed by atoms with Crippen LogP contribution in [-0.4, -0.2) is 4.57 Å². The number of rotatable bonds is 2. The fraction of sp³-hybridized carbons (Fsp3) is 0.393. The molecular weight excluding hydrogens is 687 g/mol. The molecule has 8 rings (SSSR count). The highest BCUT2D eigenvalue weighted by atomic mass is 14.9. The molecule has 0 saturated carbocycles. The van der Waals surface area contributed by atoms with Crippen LogP contribution in [0.15, 0.2) is 146 Å². The molecule has 0 N–H and O–H groups in total. The van der Waals surface area contributed by atoms with Crippen LogP contribution in [0.25, 0.3) is 54.1 Å². The highest BCUT2D eigenvalue weighted by molar-refractivity contribution is 6.22. The van der Waals surface area contributed by atoms with Crippen LogP contribution in [0.1, 0.15) is 144 Å². The van der Waals surface area contributed by atoms with E-state index in [0.29, 0.717) is 0 Å². The summed E-state index contributed by atoms with van der Waals surface area (Å²) >= 11 is 0. The van der Waals surface area contributed by atoms with E-state index in [0.717, 1.165) is 0 Å². The Morgan fingerprint density at radius 1 is 0.298 bits per heavy atom. The summed E-state index contributed by atoms with van der Waals surface area (Å²) in [5.74, 6) is 0. The summed E-state index contributed by atoms with van der Waals surface area (Å²) in [4.78, 5) is 0. The number of nitrogens with zero attached hydrogens (tertiary/aromatic N) is 1. The maximum Gasteiger partial charge on any atom is 0.0488 e. The van der Waals surface area contributed by atoms with Crippen LogP contribution in [0.4, 0.5) is 0 Å². The molecule has 0 saturated heterocycles. The summed E-state index contributed by atoms with van der Waals surface area (Å²) in [6.45, 7) is 36.4. The van der Waals surface area contributed by atoms with Gasteiger partial charge in [0.2, 0.25) is 0 Å². The fourth-order valence-electron chi connectivity index (χ4n) is 5.53. The number of aryl methyl sites for hydroxylation is 1. The second-order valence-corrected chi connectivity index (χ2v) is 10.4. The lowest BCUT2D eigenvalue weighted by Gasteiger charge is -2.09. The van der Waals surface area contributed by atoms with Crippen LogP contribution < -0.4 is 0 Å². The third-order valence-electron chi connectivity index (χ3n) is 7.59. The maximum absolute atomic E-state index is 2.24. The van der Waals surface area contributed by atoms with Crippen LogP contribution in [0.2, 0.25) is 0 Å². The smallest absolute Gasteiger partial charge is 0.0488 e. The SMILES string of the molecule is CC.CC.CC.CC.CC.CC.CC.CC.CCCCC.Cn1c2ccccc2c2ccccc21.c1cc2ccc3cccc4ccc(c1)c2c34.c1ccccc1. The molecule has 0 aliphatic heterocycles. The van der Waals surface area contributed by atoms with E-state index < -0.39 is 0 Å². The van der Waals surface area contributed by atoms with Crippen LogP contribution in [0.5, 0.6) is 0 Å². The molecule has 0 bridgehead atoms. The van der Waals surface area contributed by atoms with Crippen LogP contribution >= 0.6 is 0 Å². The van der Waals surface area contributed by atoms with E-state index in [-0.39, 0.29) is 0 Å². The van der Waals surface area contributed by atoms with E-state index in [1.165, 1.54) is 73.4 Å². The molecule has 0 radical (unpaired) electrons. The van der Waals surface area contributed by atoms with Crippen molar-refractivity contribution in [2.75, 3.05) is 0 Å². The third-order valence-corrected chi connectivity index (χ3v) is 7.59. The number of para-hydroxylation sites is 2. The van der Waals surface area contributed by atoms with Gasteiger partial charge in [-0.2, -0.15) is 0 Å². The van der Waals surface area contributed by atoms with Crippen molar-refractivity contribution in [2.24, 2.45) is 7.05 Å². The van der Waals surface area contributed by atoms with Gasteiger partial charge in [-0.3, -0.25) is 0 Å². The number of benzene rings is 7. The van der Waals surface area contributed by atoms with Crippen molar-refractivity contribution in [1.82, 2.24) is 4.57 Å². The molecule has 0 atom stereocenters. The fourth-order valence-corrected chi connectivity index (χ4v) is 5.53. The Bertz CT molecular complexity index is 1730. The molecule has 7 aromatic carbocycles. The normalized spacial score (nSPS) is 8.47. The lowest BCUT2D eigenvalue weighted by molar-refractivity contribution is 0.772. The minimum Gasteiger partial charge on any atom is -0.344 e. The summed E-state index contributed by atoms with van der Waals surface area (Å²) in [7, 11) is 2.12. The molecule has 1 nitrogen and oxygen atoms in total. The third kappa shape index (κ3) is 19.9. The van der Waals surface area contributed by atoms with E-state index >= 15 is 0 Å². The Balaban J connectivity index is -0.000000312. The monoisotopic (exact) mass is 774 g/mol. The number of aromatic nitrogens is 1. The van der Waals surface area contributed by atoms with E-state index in [1.54, 1.807) is 0 Å². The quantitative estimate of drug-likeness (QED) is 0.154. The highest BCUT2D eigenvalue weighted by Crippen LogP contribution is 2.34. The molecule has 0 fully saturated rings. The van der Waals surface area contributed by atoms with Crippen molar-refractivity contribution in [3.63, 3.8) is 0 Å². The molecule has 0 amide bonds. The van der Waals surface area contributed by atoms with Gasteiger partial charge in [-0.1, -0.05) is 277 Å². The Kier molecular flexibility index (Phi) is 44.1. The minimum absolute atomic E-state index is 1.30. The van der Waals surface area contributed by atoms with Crippen LogP contribution in [-0.2, 0) is 7.05 Å². The molecule has 0 spiro atoms. The first-order valence-corrected chi connectivity index (χ1v) is 22.8. The van der Waals surface area contributed by atoms with E-state index in [2.05, 4.69) is 135 Å². The molecule has 1 aromatic heterocycles. The lowest BCUT2D eigenvalue weighted by atomic mass is 9.95. The predicted molar refractivity (Wildman–Crippen MR) is 273 cm³/mol. The van der Waals surface area contributed by atoms with Crippen LogP contribution in [0, 0.1) is 0 Å². The van der Waals surface area contributed by atoms with Gasteiger partial charge in [-0.25, -0.2) is 0 Å². The van der Waals surface area contributed by atoms with Gasteiger partial charge < -0.3 is 4.57 Å². The van der Waals surface area contributed by atoms with Gasteiger partial charge in [-0.05, 0) is 44.5 Å². The number of hydrogen-bond donors (Lipinski definition) is 0. The molecular formula is C56H87N. The predicted octanol–water partition coefficient (Wildman–Crippen LogP) is 20.0. The Labute approximate surface area is 353 Å². The maximum atomic E-state index is 2.24. The van der Waals surface area contributed by atoms with Crippen molar-refractivity contribution < 1.29 is 0 Å². The molecule has 0 aliphatic rings. The summed E-state index contributed by atoms with van der Waals surface area (Å²) in [5.41, 5.74) is 2.60. The van der Waals surface area contributed by atoms with Gasteiger partial charge in [0.25, 0.3) is 0 Å². The first-order valence-electron chi connectivity index (χ1n) is 22.8. The van der Waals surface area contributed by atoms with Gasteiger partial charge in [-0.15, -0.1) is 0 Å². The van der Waals surface area contributed by atoms with E-state index in [4.69, 9.17) is 0 Å².